The van der Waals surface area contributed by atoms with Crippen molar-refractivity contribution < 1.29 is 22.7 Å². The van der Waals surface area contributed by atoms with E-state index < -0.39 is 34.1 Å². The topological polar surface area (TPSA) is 129 Å². The van der Waals surface area contributed by atoms with Crippen LogP contribution < -0.4 is 20.1 Å². The summed E-state index contributed by atoms with van der Waals surface area (Å²) in [7, 11) is -4.28. The van der Waals surface area contributed by atoms with E-state index >= 15 is 0 Å². The van der Waals surface area contributed by atoms with Crippen molar-refractivity contribution in [2.45, 2.75) is 31.1 Å². The van der Waals surface area contributed by atoms with Gasteiger partial charge >= 0.3 is 12.0 Å². The lowest BCUT2D eigenvalue weighted by atomic mass is 10.1. The number of H-pyrrole nitrogens is 1. The molecule has 0 bridgehead atoms. The molecule has 0 aliphatic carbocycles. The number of amides is 2. The molecule has 10 nitrogen and oxygen atoms in total. The number of halogens is 2. The summed E-state index contributed by atoms with van der Waals surface area (Å²) in [6.45, 7) is 1.85. The monoisotopic (exact) mass is 592 g/mol. The van der Waals surface area contributed by atoms with Gasteiger partial charge in [-0.15, -0.1) is 0 Å². The van der Waals surface area contributed by atoms with Gasteiger partial charge in [0.25, 0.3) is 15.6 Å². The van der Waals surface area contributed by atoms with Crippen LogP contribution in [0.1, 0.15) is 25.3 Å². The number of sulfonamides is 1. The van der Waals surface area contributed by atoms with Gasteiger partial charge in [-0.05, 0) is 66.9 Å². The van der Waals surface area contributed by atoms with Crippen molar-refractivity contribution >= 4 is 62.3 Å². The van der Waals surface area contributed by atoms with Crippen LogP contribution in [-0.4, -0.2) is 45.1 Å². The molecule has 0 atom stereocenters. The quantitative estimate of drug-likeness (QED) is 0.271. The molecule has 1 aromatic heterocycles. The van der Waals surface area contributed by atoms with Crippen molar-refractivity contribution in [3.05, 3.63) is 80.7 Å². The first-order chi connectivity index (χ1) is 18.6. The van der Waals surface area contributed by atoms with Gasteiger partial charge in [-0.1, -0.05) is 36.5 Å². The number of esters is 1. The van der Waals surface area contributed by atoms with Crippen molar-refractivity contribution in [3.63, 3.8) is 0 Å². The van der Waals surface area contributed by atoms with E-state index in [0.29, 0.717) is 30.6 Å². The highest BCUT2D eigenvalue weighted by molar-refractivity contribution is 7.92. The van der Waals surface area contributed by atoms with E-state index in [1.165, 1.54) is 41.4 Å². The van der Waals surface area contributed by atoms with Crippen LogP contribution in [0.4, 0.5) is 21.9 Å². The number of benzene rings is 2. The third-order valence-electron chi connectivity index (χ3n) is 6.01. The van der Waals surface area contributed by atoms with Crippen LogP contribution >= 0.6 is 23.2 Å². The molecule has 0 unspecified atom stereocenters. The number of carbonyl (C=O) groups excluding carboxylic acids is 2. The average molecular weight is 593 g/mol. The van der Waals surface area contributed by atoms with Crippen molar-refractivity contribution in [1.29, 1.82) is 0 Å². The molecule has 0 saturated heterocycles. The number of rotatable bonds is 9. The Morgan fingerprint density at radius 1 is 1.13 bits per heavy atom. The number of nitrogens with one attached hydrogen (secondary N) is 2. The molecule has 1 aliphatic heterocycles. The summed E-state index contributed by atoms with van der Waals surface area (Å²) in [6, 6.07) is 11.2. The van der Waals surface area contributed by atoms with Gasteiger partial charge in [0.15, 0.2) is 0 Å². The second-order valence-corrected chi connectivity index (χ2v) is 11.5. The summed E-state index contributed by atoms with van der Waals surface area (Å²) >= 11 is 12.1. The van der Waals surface area contributed by atoms with Crippen LogP contribution in [0.5, 0.6) is 0 Å². The van der Waals surface area contributed by atoms with Crippen LogP contribution in [0.3, 0.4) is 0 Å². The highest BCUT2D eigenvalue weighted by Gasteiger charge is 2.31. The number of pyridine rings is 1. The van der Waals surface area contributed by atoms with E-state index in [1.807, 2.05) is 6.92 Å². The van der Waals surface area contributed by atoms with E-state index in [9.17, 15) is 22.8 Å². The Hall–Kier alpha value is -3.54. The lowest BCUT2D eigenvalue weighted by Gasteiger charge is -2.25. The van der Waals surface area contributed by atoms with Crippen LogP contribution in [0.25, 0.3) is 0 Å². The Labute approximate surface area is 235 Å². The van der Waals surface area contributed by atoms with Gasteiger partial charge in [0.1, 0.15) is 12.2 Å². The van der Waals surface area contributed by atoms with Gasteiger partial charge in [0.05, 0.1) is 17.2 Å². The fourth-order valence-corrected chi connectivity index (χ4v) is 6.20. The maximum Gasteiger partial charge on any atom is 0.326 e. The fraction of sp³-hybridized carbons (Fsp3) is 0.269. The number of aromatic nitrogens is 1. The lowest BCUT2D eigenvalue weighted by molar-refractivity contribution is -0.141. The van der Waals surface area contributed by atoms with Crippen LogP contribution in [0.15, 0.2) is 64.4 Å². The molecule has 206 valence electrons. The van der Waals surface area contributed by atoms with E-state index in [4.69, 9.17) is 27.9 Å². The van der Waals surface area contributed by atoms with Gasteiger partial charge < -0.3 is 15.0 Å². The molecule has 2 N–H and O–H groups in total. The molecule has 0 fully saturated rings. The first-order valence-corrected chi connectivity index (χ1v) is 14.3. The minimum atomic E-state index is -4.28. The summed E-state index contributed by atoms with van der Waals surface area (Å²) in [6.07, 6.45) is 3.35. The molecule has 0 saturated carbocycles. The number of anilines is 3. The van der Waals surface area contributed by atoms with Gasteiger partial charge in [-0.25, -0.2) is 13.2 Å². The van der Waals surface area contributed by atoms with Crippen LogP contribution in [0, 0.1) is 0 Å². The number of hydrogen-bond acceptors (Lipinski definition) is 6. The molecule has 0 spiro atoms. The third-order valence-corrected chi connectivity index (χ3v) is 8.20. The molecule has 2 amide bonds. The summed E-state index contributed by atoms with van der Waals surface area (Å²) in [5.74, 6) is -0.713. The van der Waals surface area contributed by atoms with Gasteiger partial charge in [0.2, 0.25) is 0 Å². The Kier molecular flexibility index (Phi) is 8.83. The predicted octanol–water partition coefficient (Wildman–Crippen LogP) is 4.81. The molecule has 0 radical (unpaired) electrons. The zero-order valence-electron chi connectivity index (χ0n) is 20.9. The minimum absolute atomic E-state index is 0.103. The van der Waals surface area contributed by atoms with E-state index in [1.54, 1.807) is 18.2 Å². The molecule has 39 heavy (non-hydrogen) atoms. The largest absolute Gasteiger partial charge is 0.464 e. The smallest absolute Gasteiger partial charge is 0.326 e. The second-order valence-electron chi connectivity index (χ2n) is 8.75. The van der Waals surface area contributed by atoms with E-state index in [0.717, 1.165) is 10.7 Å². The number of hydrogen-bond donors (Lipinski definition) is 2. The molecule has 4 rings (SSSR count). The Morgan fingerprint density at radius 2 is 1.87 bits per heavy atom. The van der Waals surface area contributed by atoms with Crippen molar-refractivity contribution in [2.75, 3.05) is 34.2 Å². The number of nitrogens with zero attached hydrogens (tertiary/aromatic N) is 2. The van der Waals surface area contributed by atoms with Crippen molar-refractivity contribution in [3.8, 4) is 0 Å². The van der Waals surface area contributed by atoms with Crippen LogP contribution in [-0.2, 0) is 26.0 Å². The zero-order valence-corrected chi connectivity index (χ0v) is 23.3. The molecule has 2 aromatic carbocycles. The molecule has 1 aliphatic rings. The maximum absolute atomic E-state index is 13.7. The molecular formula is C26H26Cl2N4O6S. The fourth-order valence-electron chi connectivity index (χ4n) is 4.07. The van der Waals surface area contributed by atoms with Crippen LogP contribution in [0.2, 0.25) is 10.0 Å². The first-order valence-electron chi connectivity index (χ1n) is 12.1. The summed E-state index contributed by atoms with van der Waals surface area (Å²) < 4.78 is 33.6. The Bertz CT molecular complexity index is 1540. The number of aromatic amines is 1. The highest BCUT2D eigenvalue weighted by Crippen LogP contribution is 2.35. The summed E-state index contributed by atoms with van der Waals surface area (Å²) in [4.78, 5) is 41.2. The number of ether oxygens (including phenoxy) is 1. The number of urea groups is 1. The summed E-state index contributed by atoms with van der Waals surface area (Å²) in [5, 5.41) is 2.84. The standard InChI is InChI=1S/C26H26Cl2N4O6S/c1-2-3-11-38-24(33)16-32(39(36,37)21-14-18(27)13-19(28)15-21)20-6-7-23-17(12-20)8-10-31(23)26(35)30-22-5-4-9-29-25(22)34/h4-7,9,12-15H,2-3,8,10-11,16H2,1H3,(H,29,34)(H,30,35). The van der Waals surface area contributed by atoms with Crippen molar-refractivity contribution in [2.24, 2.45) is 0 Å². The first kappa shape index (κ1) is 28.5. The Balaban J connectivity index is 1.65. The van der Waals surface area contributed by atoms with E-state index in [-0.39, 0.29) is 32.9 Å². The molecule has 2 heterocycles. The highest BCUT2D eigenvalue weighted by atomic mass is 35.5. The normalized spacial score (nSPS) is 12.6. The lowest BCUT2D eigenvalue weighted by Crippen LogP contribution is -2.37. The number of carbonyl (C=O) groups is 2. The zero-order chi connectivity index (χ0) is 28.2. The average Bonchev–Trinajstić information content (AvgIpc) is 3.31. The van der Waals surface area contributed by atoms with Gasteiger partial charge in [-0.2, -0.15) is 0 Å². The Morgan fingerprint density at radius 3 is 2.56 bits per heavy atom. The molecular weight excluding hydrogens is 567 g/mol. The molecule has 13 heteroatoms. The number of unbranched alkanes of at least 4 members (excludes halogenated alkanes) is 1. The molecule has 3 aromatic rings. The maximum atomic E-state index is 13.7. The minimum Gasteiger partial charge on any atom is -0.464 e. The SMILES string of the molecule is CCCCOC(=O)CN(c1ccc2c(c1)CCN2C(=O)Nc1ccc[nH]c1=O)S(=O)(=O)c1cc(Cl)cc(Cl)c1. The third kappa shape index (κ3) is 6.55. The predicted molar refractivity (Wildman–Crippen MR) is 150 cm³/mol. The second kappa shape index (κ2) is 12.1. The van der Waals surface area contributed by atoms with Crippen molar-refractivity contribution in [1.82, 2.24) is 4.98 Å². The van der Waals surface area contributed by atoms with Gasteiger partial charge in [0, 0.05) is 28.5 Å². The van der Waals surface area contributed by atoms with E-state index in [2.05, 4.69) is 10.3 Å². The number of fused-ring (bicyclic) bond motifs is 1. The summed E-state index contributed by atoms with van der Waals surface area (Å²) in [5.41, 5.74) is 1.12. The van der Waals surface area contributed by atoms with Gasteiger partial charge in [-0.3, -0.25) is 18.8 Å².